The number of para-hydroxylation sites is 3. The predicted molar refractivity (Wildman–Crippen MR) is 80.4 cm³/mol. The summed E-state index contributed by atoms with van der Waals surface area (Å²) in [7, 11) is 0. The molecule has 2 aromatic carbocycles. The van der Waals surface area contributed by atoms with Crippen LogP contribution < -0.4 is 10.1 Å². The first-order valence-electron chi connectivity index (χ1n) is 6.89. The van der Waals surface area contributed by atoms with Crippen molar-refractivity contribution in [1.29, 1.82) is 0 Å². The molecule has 0 atom stereocenters. The molecular formula is C17H19NO2. The van der Waals surface area contributed by atoms with Crippen LogP contribution in [0.25, 0.3) is 0 Å². The molecule has 2 aromatic rings. The first-order valence-corrected chi connectivity index (χ1v) is 6.89. The Labute approximate surface area is 119 Å². The highest BCUT2D eigenvalue weighted by atomic mass is 16.5. The summed E-state index contributed by atoms with van der Waals surface area (Å²) in [5.41, 5.74) is 1.25. The zero-order chi connectivity index (χ0) is 13.8. The van der Waals surface area contributed by atoms with E-state index in [4.69, 9.17) is 9.47 Å². The highest BCUT2D eigenvalue weighted by Crippen LogP contribution is 2.32. The Morgan fingerprint density at radius 2 is 1.75 bits per heavy atom. The molecule has 0 saturated carbocycles. The van der Waals surface area contributed by atoms with Crippen molar-refractivity contribution in [3.63, 3.8) is 0 Å². The fraction of sp³-hybridized carbons (Fsp3) is 0.294. The van der Waals surface area contributed by atoms with Crippen molar-refractivity contribution in [2.45, 2.75) is 6.92 Å². The number of benzene rings is 2. The summed E-state index contributed by atoms with van der Waals surface area (Å²) in [6.07, 6.45) is 0. The molecule has 0 amide bonds. The van der Waals surface area contributed by atoms with Gasteiger partial charge in [0.1, 0.15) is 5.75 Å². The first kappa shape index (κ1) is 13.0. The molecular weight excluding hydrogens is 250 g/mol. The second-order valence-corrected chi connectivity index (χ2v) is 5.57. The van der Waals surface area contributed by atoms with Gasteiger partial charge in [0.05, 0.1) is 18.9 Å². The Kier molecular flexibility index (Phi) is 3.61. The van der Waals surface area contributed by atoms with Crippen LogP contribution in [0.4, 0.5) is 5.69 Å². The Morgan fingerprint density at radius 1 is 1.05 bits per heavy atom. The maximum Gasteiger partial charge on any atom is 0.150 e. The van der Waals surface area contributed by atoms with Crippen LogP contribution >= 0.6 is 0 Å². The average Bonchev–Trinajstić information content (AvgIpc) is 2.45. The predicted octanol–water partition coefficient (Wildman–Crippen LogP) is 3.93. The molecule has 104 valence electrons. The smallest absolute Gasteiger partial charge is 0.150 e. The summed E-state index contributed by atoms with van der Waals surface area (Å²) < 4.78 is 11.2. The minimum Gasteiger partial charge on any atom is -0.455 e. The van der Waals surface area contributed by atoms with Gasteiger partial charge in [-0.25, -0.2) is 0 Å². The summed E-state index contributed by atoms with van der Waals surface area (Å²) in [4.78, 5) is 0. The Morgan fingerprint density at radius 3 is 2.45 bits per heavy atom. The average molecular weight is 269 g/mol. The number of ether oxygens (including phenoxy) is 2. The molecule has 1 saturated heterocycles. The van der Waals surface area contributed by atoms with E-state index in [0.717, 1.165) is 36.9 Å². The van der Waals surface area contributed by atoms with E-state index in [2.05, 4.69) is 12.2 Å². The zero-order valence-electron chi connectivity index (χ0n) is 11.6. The summed E-state index contributed by atoms with van der Waals surface area (Å²) in [5, 5.41) is 3.47. The van der Waals surface area contributed by atoms with Gasteiger partial charge in [0.2, 0.25) is 0 Å². The third kappa shape index (κ3) is 2.94. The lowest BCUT2D eigenvalue weighted by Gasteiger charge is -2.38. The van der Waals surface area contributed by atoms with Gasteiger partial charge in [-0.2, -0.15) is 0 Å². The van der Waals surface area contributed by atoms with Crippen LogP contribution in [0.5, 0.6) is 11.5 Å². The van der Waals surface area contributed by atoms with Gasteiger partial charge in [0, 0.05) is 12.0 Å². The third-order valence-corrected chi connectivity index (χ3v) is 3.46. The topological polar surface area (TPSA) is 30.5 Å². The maximum absolute atomic E-state index is 5.93. The molecule has 20 heavy (non-hydrogen) atoms. The number of hydrogen-bond acceptors (Lipinski definition) is 3. The van der Waals surface area contributed by atoms with E-state index in [9.17, 15) is 0 Å². The van der Waals surface area contributed by atoms with Crippen molar-refractivity contribution in [2.75, 3.05) is 25.1 Å². The Balaban J connectivity index is 1.71. The van der Waals surface area contributed by atoms with E-state index in [-0.39, 0.29) is 5.41 Å². The molecule has 1 heterocycles. The molecule has 0 aliphatic carbocycles. The van der Waals surface area contributed by atoms with Gasteiger partial charge in [0.25, 0.3) is 0 Å². The lowest BCUT2D eigenvalue weighted by molar-refractivity contribution is -0.0924. The van der Waals surface area contributed by atoms with E-state index < -0.39 is 0 Å². The summed E-state index contributed by atoms with van der Waals surface area (Å²) in [5.74, 6) is 1.70. The van der Waals surface area contributed by atoms with Crippen LogP contribution in [0, 0.1) is 5.41 Å². The number of rotatable bonds is 5. The number of hydrogen-bond donors (Lipinski definition) is 1. The monoisotopic (exact) mass is 269 g/mol. The zero-order valence-corrected chi connectivity index (χ0v) is 11.6. The molecule has 1 aliphatic rings. The molecule has 3 nitrogen and oxygen atoms in total. The van der Waals surface area contributed by atoms with Gasteiger partial charge in [-0.3, -0.25) is 0 Å². The molecule has 0 spiro atoms. The maximum atomic E-state index is 5.93. The van der Waals surface area contributed by atoms with Crippen molar-refractivity contribution >= 4 is 5.69 Å². The van der Waals surface area contributed by atoms with Crippen LogP contribution in [0.3, 0.4) is 0 Å². The largest absolute Gasteiger partial charge is 0.455 e. The van der Waals surface area contributed by atoms with Crippen LogP contribution in [0.1, 0.15) is 6.92 Å². The van der Waals surface area contributed by atoms with E-state index in [1.54, 1.807) is 0 Å². The van der Waals surface area contributed by atoms with Crippen molar-refractivity contribution < 1.29 is 9.47 Å². The molecule has 0 bridgehead atoms. The van der Waals surface area contributed by atoms with Crippen LogP contribution in [-0.2, 0) is 4.74 Å². The highest BCUT2D eigenvalue weighted by molar-refractivity contribution is 5.57. The fourth-order valence-corrected chi connectivity index (χ4v) is 2.18. The van der Waals surface area contributed by atoms with Crippen LogP contribution in [0.15, 0.2) is 54.6 Å². The molecule has 1 N–H and O–H groups in total. The molecule has 0 unspecified atom stereocenters. The van der Waals surface area contributed by atoms with Crippen LogP contribution in [0.2, 0.25) is 0 Å². The third-order valence-electron chi connectivity index (χ3n) is 3.46. The molecule has 0 radical (unpaired) electrons. The summed E-state index contributed by atoms with van der Waals surface area (Å²) >= 11 is 0. The molecule has 1 fully saturated rings. The van der Waals surface area contributed by atoms with E-state index in [1.165, 1.54) is 0 Å². The standard InChI is InChI=1S/C17H19NO2/c1-17(12-19-13-17)11-18-15-9-5-6-10-16(15)20-14-7-3-2-4-8-14/h2-10,18H,11-13H2,1H3. The van der Waals surface area contributed by atoms with Crippen LogP contribution in [-0.4, -0.2) is 19.8 Å². The summed E-state index contributed by atoms with van der Waals surface area (Å²) in [6, 6.07) is 17.9. The van der Waals surface area contributed by atoms with E-state index in [0.29, 0.717) is 0 Å². The van der Waals surface area contributed by atoms with Crippen molar-refractivity contribution in [3.05, 3.63) is 54.6 Å². The van der Waals surface area contributed by atoms with Crippen molar-refractivity contribution in [2.24, 2.45) is 5.41 Å². The molecule has 0 aromatic heterocycles. The van der Waals surface area contributed by atoms with E-state index >= 15 is 0 Å². The molecule has 1 aliphatic heterocycles. The van der Waals surface area contributed by atoms with Gasteiger partial charge in [-0.1, -0.05) is 37.3 Å². The Bertz CT molecular complexity index is 564. The minimum atomic E-state index is 0.236. The van der Waals surface area contributed by atoms with Crippen molar-refractivity contribution in [3.8, 4) is 11.5 Å². The van der Waals surface area contributed by atoms with Gasteiger partial charge < -0.3 is 14.8 Å². The Hall–Kier alpha value is -2.00. The number of anilines is 1. The SMILES string of the molecule is CC1(CNc2ccccc2Oc2ccccc2)COC1. The quantitative estimate of drug-likeness (QED) is 0.892. The first-order chi connectivity index (χ1) is 9.75. The lowest BCUT2D eigenvalue weighted by Crippen LogP contribution is -2.45. The second-order valence-electron chi connectivity index (χ2n) is 5.57. The van der Waals surface area contributed by atoms with Crippen molar-refractivity contribution in [1.82, 2.24) is 0 Å². The fourth-order valence-electron chi connectivity index (χ4n) is 2.18. The van der Waals surface area contributed by atoms with Gasteiger partial charge in [-0.15, -0.1) is 0 Å². The second kappa shape index (κ2) is 5.55. The van der Waals surface area contributed by atoms with Gasteiger partial charge >= 0.3 is 0 Å². The molecule has 3 heteroatoms. The summed E-state index contributed by atoms with van der Waals surface area (Å²) in [6.45, 7) is 4.76. The van der Waals surface area contributed by atoms with E-state index in [1.807, 2.05) is 54.6 Å². The molecule has 3 rings (SSSR count). The number of nitrogens with one attached hydrogen (secondary N) is 1. The van der Waals surface area contributed by atoms with Gasteiger partial charge in [-0.05, 0) is 24.3 Å². The normalized spacial score (nSPS) is 16.2. The highest BCUT2D eigenvalue weighted by Gasteiger charge is 2.33. The van der Waals surface area contributed by atoms with Gasteiger partial charge in [0.15, 0.2) is 5.75 Å². The lowest BCUT2D eigenvalue weighted by atomic mass is 9.88. The minimum absolute atomic E-state index is 0.236.